The third-order valence-corrected chi connectivity index (χ3v) is 5.20. The number of para-hydroxylation sites is 1. The molecule has 0 bridgehead atoms. The highest BCUT2D eigenvalue weighted by Crippen LogP contribution is 2.27. The van der Waals surface area contributed by atoms with Gasteiger partial charge in [-0.15, -0.1) is 0 Å². The Labute approximate surface area is 157 Å². The topological polar surface area (TPSA) is 61.0 Å². The van der Waals surface area contributed by atoms with E-state index in [2.05, 4.69) is 20.2 Å². The number of carbonyl (C=O) groups is 1. The Balaban J connectivity index is 1.41. The number of aromatic nitrogens is 2. The Hall–Kier alpha value is -2.53. The van der Waals surface area contributed by atoms with E-state index in [-0.39, 0.29) is 5.91 Å². The van der Waals surface area contributed by atoms with E-state index in [4.69, 9.17) is 11.6 Å². The molecule has 2 aromatic heterocycles. The van der Waals surface area contributed by atoms with Crippen molar-refractivity contribution < 1.29 is 4.79 Å². The van der Waals surface area contributed by atoms with Crippen LogP contribution in [0.5, 0.6) is 0 Å². The molecule has 3 heterocycles. The number of fused-ring (bicyclic) bond motifs is 1. The number of rotatable bonds is 4. The van der Waals surface area contributed by atoms with Crippen molar-refractivity contribution in [1.82, 2.24) is 15.3 Å². The summed E-state index contributed by atoms with van der Waals surface area (Å²) in [6, 6.07) is 11.7. The van der Waals surface area contributed by atoms with Gasteiger partial charge in [0.1, 0.15) is 11.5 Å². The van der Waals surface area contributed by atoms with Gasteiger partial charge in [0.2, 0.25) is 0 Å². The molecule has 0 saturated carbocycles. The van der Waals surface area contributed by atoms with Gasteiger partial charge in [0.15, 0.2) is 0 Å². The van der Waals surface area contributed by atoms with E-state index in [1.807, 2.05) is 42.6 Å². The van der Waals surface area contributed by atoms with Gasteiger partial charge in [-0.1, -0.05) is 35.9 Å². The summed E-state index contributed by atoms with van der Waals surface area (Å²) in [5.41, 5.74) is 2.22. The van der Waals surface area contributed by atoms with Gasteiger partial charge in [-0.05, 0) is 37.0 Å². The van der Waals surface area contributed by atoms with Crippen LogP contribution in [0, 0.1) is 0 Å². The van der Waals surface area contributed by atoms with Crippen molar-refractivity contribution in [2.24, 2.45) is 0 Å². The van der Waals surface area contributed by atoms with E-state index < -0.39 is 0 Å². The maximum atomic E-state index is 12.5. The maximum Gasteiger partial charge on any atom is 0.269 e. The number of carbonyl (C=O) groups excluding carboxylic acids is 1. The summed E-state index contributed by atoms with van der Waals surface area (Å²) in [4.78, 5) is 22.4. The van der Waals surface area contributed by atoms with Crippen LogP contribution in [0.1, 0.15) is 35.3 Å². The highest BCUT2D eigenvalue weighted by molar-refractivity contribution is 6.38. The molecular weight excluding hydrogens is 348 g/mol. The summed E-state index contributed by atoms with van der Waals surface area (Å²) < 4.78 is 0. The first kappa shape index (κ1) is 16.9. The minimum atomic E-state index is -0.216. The maximum absolute atomic E-state index is 12.5. The zero-order chi connectivity index (χ0) is 17.9. The molecule has 0 radical (unpaired) electrons. The van der Waals surface area contributed by atoms with Crippen molar-refractivity contribution in [2.75, 3.05) is 18.0 Å². The number of piperidine rings is 1. The summed E-state index contributed by atoms with van der Waals surface area (Å²) in [7, 11) is 0. The van der Waals surface area contributed by atoms with Crippen LogP contribution in [0.4, 0.5) is 5.82 Å². The molecule has 5 nitrogen and oxygen atoms in total. The van der Waals surface area contributed by atoms with Crippen LogP contribution in [0.25, 0.3) is 10.9 Å². The fourth-order valence-electron chi connectivity index (χ4n) is 3.37. The predicted octanol–water partition coefficient (Wildman–Crippen LogP) is 4.14. The quantitative estimate of drug-likeness (QED) is 0.727. The first-order chi connectivity index (χ1) is 12.7. The van der Waals surface area contributed by atoms with E-state index in [0.29, 0.717) is 17.3 Å². The van der Waals surface area contributed by atoms with Gasteiger partial charge >= 0.3 is 0 Å². The van der Waals surface area contributed by atoms with Crippen molar-refractivity contribution in [2.45, 2.75) is 25.8 Å². The molecular formula is C20H21ClN4O. The lowest BCUT2D eigenvalue weighted by molar-refractivity contribution is 0.0947. The predicted molar refractivity (Wildman–Crippen MR) is 105 cm³/mol. The van der Waals surface area contributed by atoms with Gasteiger partial charge in [-0.25, -0.2) is 4.98 Å². The number of amides is 1. The molecule has 134 valence electrons. The van der Waals surface area contributed by atoms with Crippen LogP contribution in [0.15, 0.2) is 42.6 Å². The SMILES string of the molecule is O=C(NCc1ccc(N2CCCCC2)nc1)c1[nH]c2ccccc2c1Cl. The molecule has 1 aliphatic rings. The number of nitrogens with one attached hydrogen (secondary N) is 2. The summed E-state index contributed by atoms with van der Waals surface area (Å²) in [5, 5.41) is 4.22. The Morgan fingerprint density at radius 2 is 1.96 bits per heavy atom. The summed E-state index contributed by atoms with van der Waals surface area (Å²) in [6.45, 7) is 2.56. The molecule has 0 atom stereocenters. The molecule has 2 N–H and O–H groups in total. The lowest BCUT2D eigenvalue weighted by Crippen LogP contribution is -2.30. The largest absolute Gasteiger partial charge is 0.357 e. The van der Waals surface area contributed by atoms with Crippen molar-refractivity contribution in [1.29, 1.82) is 0 Å². The fraction of sp³-hybridized carbons (Fsp3) is 0.300. The fourth-order valence-corrected chi connectivity index (χ4v) is 3.66. The van der Waals surface area contributed by atoms with Gasteiger partial charge in [-0.2, -0.15) is 0 Å². The van der Waals surface area contributed by atoms with Gasteiger partial charge in [0.25, 0.3) is 5.91 Å². The summed E-state index contributed by atoms with van der Waals surface area (Å²) >= 11 is 6.33. The van der Waals surface area contributed by atoms with Crippen LogP contribution in [0.2, 0.25) is 5.02 Å². The Morgan fingerprint density at radius 1 is 1.15 bits per heavy atom. The molecule has 3 aromatic rings. The van der Waals surface area contributed by atoms with Crippen molar-refractivity contribution in [3.63, 3.8) is 0 Å². The number of hydrogen-bond acceptors (Lipinski definition) is 3. The average molecular weight is 369 g/mol. The molecule has 1 saturated heterocycles. The van der Waals surface area contributed by atoms with Crippen molar-refractivity contribution >= 4 is 34.2 Å². The molecule has 1 fully saturated rings. The van der Waals surface area contributed by atoms with Crippen LogP contribution in [0.3, 0.4) is 0 Å². The van der Waals surface area contributed by atoms with Gasteiger partial charge in [0.05, 0.1) is 5.02 Å². The minimum absolute atomic E-state index is 0.216. The molecule has 1 aromatic carbocycles. The number of nitrogens with zero attached hydrogens (tertiary/aromatic N) is 2. The van der Waals surface area contributed by atoms with E-state index in [9.17, 15) is 4.79 Å². The van der Waals surface area contributed by atoms with Gasteiger partial charge < -0.3 is 15.2 Å². The number of H-pyrrole nitrogens is 1. The van der Waals surface area contributed by atoms with E-state index in [1.54, 1.807) is 0 Å². The first-order valence-electron chi connectivity index (χ1n) is 8.96. The minimum Gasteiger partial charge on any atom is -0.357 e. The highest BCUT2D eigenvalue weighted by atomic mass is 35.5. The highest BCUT2D eigenvalue weighted by Gasteiger charge is 2.16. The molecule has 6 heteroatoms. The number of aromatic amines is 1. The zero-order valence-electron chi connectivity index (χ0n) is 14.5. The number of pyridine rings is 1. The van der Waals surface area contributed by atoms with Gasteiger partial charge in [-0.3, -0.25) is 4.79 Å². The monoisotopic (exact) mass is 368 g/mol. The lowest BCUT2D eigenvalue weighted by Gasteiger charge is -2.27. The Kier molecular flexibility index (Phi) is 4.80. The standard InChI is InChI=1S/C20H21ClN4O/c21-18-15-6-2-3-7-16(15)24-19(18)20(26)23-13-14-8-9-17(22-12-14)25-10-4-1-5-11-25/h2-3,6-9,12,24H,1,4-5,10-11,13H2,(H,23,26). The molecule has 0 aliphatic carbocycles. The number of hydrogen-bond donors (Lipinski definition) is 2. The van der Waals surface area contributed by atoms with Crippen LogP contribution >= 0.6 is 11.6 Å². The Morgan fingerprint density at radius 3 is 2.69 bits per heavy atom. The molecule has 4 rings (SSSR count). The van der Waals surface area contributed by atoms with E-state index >= 15 is 0 Å². The molecule has 1 amide bonds. The second-order valence-corrected chi connectivity index (χ2v) is 6.99. The number of halogens is 1. The van der Waals surface area contributed by atoms with Crippen LogP contribution in [-0.2, 0) is 6.54 Å². The van der Waals surface area contributed by atoms with Crippen LogP contribution in [-0.4, -0.2) is 29.0 Å². The van der Waals surface area contributed by atoms with Gasteiger partial charge in [0, 0.05) is 36.7 Å². The van der Waals surface area contributed by atoms with Crippen LogP contribution < -0.4 is 10.2 Å². The first-order valence-corrected chi connectivity index (χ1v) is 9.34. The zero-order valence-corrected chi connectivity index (χ0v) is 15.2. The number of benzene rings is 1. The normalized spacial score (nSPS) is 14.6. The third-order valence-electron chi connectivity index (χ3n) is 4.81. The molecule has 26 heavy (non-hydrogen) atoms. The van der Waals surface area contributed by atoms with Crippen molar-refractivity contribution in [3.05, 3.63) is 58.9 Å². The number of anilines is 1. The smallest absolute Gasteiger partial charge is 0.269 e. The molecule has 1 aliphatic heterocycles. The van der Waals surface area contributed by atoms with E-state index in [0.717, 1.165) is 35.4 Å². The second kappa shape index (κ2) is 7.38. The van der Waals surface area contributed by atoms with E-state index in [1.165, 1.54) is 19.3 Å². The second-order valence-electron chi connectivity index (χ2n) is 6.61. The molecule has 0 spiro atoms. The summed E-state index contributed by atoms with van der Waals surface area (Å²) in [5.74, 6) is 0.796. The lowest BCUT2D eigenvalue weighted by atomic mass is 10.1. The Bertz CT molecular complexity index is 913. The average Bonchev–Trinajstić information content (AvgIpc) is 3.04. The third kappa shape index (κ3) is 3.40. The molecule has 0 unspecified atom stereocenters. The van der Waals surface area contributed by atoms with Crippen molar-refractivity contribution in [3.8, 4) is 0 Å². The summed E-state index contributed by atoms with van der Waals surface area (Å²) in [6.07, 6.45) is 5.59.